The van der Waals surface area contributed by atoms with Crippen molar-refractivity contribution in [3.05, 3.63) is 53.1 Å². The van der Waals surface area contributed by atoms with Crippen molar-refractivity contribution >= 4 is 45.1 Å². The van der Waals surface area contributed by atoms with E-state index < -0.39 is 6.09 Å². The van der Waals surface area contributed by atoms with E-state index in [9.17, 15) is 4.79 Å². The maximum absolute atomic E-state index is 11.3. The first kappa shape index (κ1) is 23.4. The monoisotopic (exact) mass is 498 g/mol. The van der Waals surface area contributed by atoms with Crippen molar-refractivity contribution in [1.82, 2.24) is 9.27 Å². The molecule has 0 atom stereocenters. The second-order valence-electron chi connectivity index (χ2n) is 9.44. The number of anilines is 1. The van der Waals surface area contributed by atoms with E-state index >= 15 is 0 Å². The van der Waals surface area contributed by atoms with E-state index in [0.29, 0.717) is 16.7 Å². The maximum atomic E-state index is 11.3. The minimum Gasteiger partial charge on any atom is -0.410 e. The fourth-order valence-corrected chi connectivity index (χ4v) is 6.43. The number of carbonyl (C=O) groups excluding carboxylic acids is 1. The lowest BCUT2D eigenvalue weighted by atomic mass is 9.77. The highest BCUT2D eigenvalue weighted by molar-refractivity contribution is 7.13. The van der Waals surface area contributed by atoms with Crippen LogP contribution in [0.2, 0.25) is 5.02 Å². The Labute approximate surface area is 209 Å². The number of rotatable bonds is 6. The molecule has 1 aliphatic carbocycles. The third kappa shape index (κ3) is 5.32. The van der Waals surface area contributed by atoms with E-state index in [1.807, 2.05) is 6.07 Å². The van der Waals surface area contributed by atoms with Gasteiger partial charge < -0.3 is 15.4 Å². The number of nitrogens with two attached hydrogens (primary N) is 1. The van der Waals surface area contributed by atoms with Gasteiger partial charge in [-0.2, -0.15) is 4.37 Å². The molecule has 1 amide bonds. The molecule has 1 saturated heterocycles. The molecule has 3 aromatic rings. The van der Waals surface area contributed by atoms with Crippen LogP contribution in [0.25, 0.3) is 10.1 Å². The van der Waals surface area contributed by atoms with Gasteiger partial charge in [0.25, 0.3) is 0 Å². The Hall–Kier alpha value is -2.35. The summed E-state index contributed by atoms with van der Waals surface area (Å²) in [4.78, 5) is 16.3. The number of aromatic nitrogens is 1. The number of amides is 1. The van der Waals surface area contributed by atoms with Gasteiger partial charge in [0.2, 0.25) is 0 Å². The number of hydrogen-bond acceptors (Lipinski definition) is 6. The van der Waals surface area contributed by atoms with E-state index in [2.05, 4.69) is 34.1 Å². The third-order valence-corrected chi connectivity index (χ3v) is 8.40. The highest BCUT2D eigenvalue weighted by Crippen LogP contribution is 2.41. The molecule has 2 aliphatic rings. The summed E-state index contributed by atoms with van der Waals surface area (Å²) in [5.74, 6) is 2.81. The Morgan fingerprint density at radius 1 is 1.09 bits per heavy atom. The molecule has 6 nitrogen and oxygen atoms in total. The maximum Gasteiger partial charge on any atom is 0.409 e. The van der Waals surface area contributed by atoms with Gasteiger partial charge in [-0.3, -0.25) is 4.90 Å². The number of ether oxygens (including phenoxy) is 1. The molecule has 0 spiro atoms. The summed E-state index contributed by atoms with van der Waals surface area (Å²) in [6.07, 6.45) is 5.03. The largest absolute Gasteiger partial charge is 0.410 e. The number of hydrogen-bond donors (Lipinski definition) is 1. The molecule has 0 radical (unpaired) electrons. The van der Waals surface area contributed by atoms with Gasteiger partial charge in [-0.1, -0.05) is 23.7 Å². The standard InChI is InChI=1S/C26H31ClN4O2S/c27-20-9-10-23(33-26(28)32)22(17-20)19-7-5-18(6-8-19)11-12-30-13-15-31(16-14-30)25-21-3-1-2-4-24(21)34-29-25/h1-4,9-10,17-19H,5-8,11-16H2,(H2,28,32)/t18-,19-. The van der Waals surface area contributed by atoms with E-state index in [1.54, 1.807) is 23.7 Å². The highest BCUT2D eigenvalue weighted by Gasteiger charge is 2.27. The Bertz CT molecular complexity index is 1140. The fraction of sp³-hybridized carbons (Fsp3) is 0.462. The van der Waals surface area contributed by atoms with Gasteiger partial charge in [0, 0.05) is 36.6 Å². The van der Waals surface area contributed by atoms with Gasteiger partial charge in [-0.15, -0.1) is 0 Å². The molecule has 1 aliphatic heterocycles. The summed E-state index contributed by atoms with van der Waals surface area (Å²) < 4.78 is 11.2. The van der Waals surface area contributed by atoms with Gasteiger partial charge in [0.15, 0.2) is 0 Å². The topological polar surface area (TPSA) is 71.7 Å². The number of fused-ring (bicyclic) bond motifs is 1. The first-order chi connectivity index (χ1) is 16.6. The van der Waals surface area contributed by atoms with E-state index in [4.69, 9.17) is 26.4 Å². The lowest BCUT2D eigenvalue weighted by molar-refractivity contribution is 0.207. The second kappa shape index (κ2) is 10.5. The molecule has 0 unspecified atom stereocenters. The van der Waals surface area contributed by atoms with Crippen molar-refractivity contribution < 1.29 is 9.53 Å². The average molecular weight is 499 g/mol. The van der Waals surface area contributed by atoms with Crippen molar-refractivity contribution in [1.29, 1.82) is 0 Å². The summed E-state index contributed by atoms with van der Waals surface area (Å²) in [7, 11) is 0. The van der Waals surface area contributed by atoms with Gasteiger partial charge in [0.05, 0.1) is 4.70 Å². The summed E-state index contributed by atoms with van der Waals surface area (Å²) >= 11 is 7.82. The normalized spacial score (nSPS) is 21.6. The zero-order chi connectivity index (χ0) is 23.5. The van der Waals surface area contributed by atoms with Gasteiger partial charge >= 0.3 is 6.09 Å². The minimum atomic E-state index is -0.777. The third-order valence-electron chi connectivity index (χ3n) is 7.35. The molecule has 34 heavy (non-hydrogen) atoms. The van der Waals surface area contributed by atoms with Crippen LogP contribution in [0.1, 0.15) is 43.6 Å². The molecular formula is C26H31ClN4O2S. The number of nitrogens with zero attached hydrogens (tertiary/aromatic N) is 3. The molecule has 2 N–H and O–H groups in total. The molecule has 0 bridgehead atoms. The van der Waals surface area contributed by atoms with Crippen molar-refractivity contribution in [3.8, 4) is 5.75 Å². The number of benzene rings is 2. The van der Waals surface area contributed by atoms with Crippen LogP contribution in [0, 0.1) is 5.92 Å². The molecular weight excluding hydrogens is 468 g/mol. The molecule has 2 heterocycles. The van der Waals surface area contributed by atoms with E-state index in [-0.39, 0.29) is 0 Å². The molecule has 2 aromatic carbocycles. The predicted octanol–water partition coefficient (Wildman–Crippen LogP) is 5.89. The smallest absolute Gasteiger partial charge is 0.409 e. The van der Waals surface area contributed by atoms with Crippen molar-refractivity contribution in [2.45, 2.75) is 38.0 Å². The zero-order valence-electron chi connectivity index (χ0n) is 19.3. The van der Waals surface area contributed by atoms with Crippen molar-refractivity contribution in [2.24, 2.45) is 11.7 Å². The first-order valence-electron chi connectivity index (χ1n) is 12.2. The average Bonchev–Trinajstić information content (AvgIpc) is 3.28. The number of piperazine rings is 1. The predicted molar refractivity (Wildman–Crippen MR) is 139 cm³/mol. The number of carbonyl (C=O) groups is 1. The summed E-state index contributed by atoms with van der Waals surface area (Å²) in [5.41, 5.74) is 6.26. The molecule has 5 rings (SSSR count). The van der Waals surface area contributed by atoms with Crippen LogP contribution >= 0.6 is 23.1 Å². The lowest BCUT2D eigenvalue weighted by Gasteiger charge is -2.36. The van der Waals surface area contributed by atoms with Crippen molar-refractivity contribution in [3.63, 3.8) is 0 Å². The first-order valence-corrected chi connectivity index (χ1v) is 13.3. The van der Waals surface area contributed by atoms with E-state index in [1.165, 1.54) is 29.3 Å². The molecule has 8 heteroatoms. The Balaban J connectivity index is 1.09. The Morgan fingerprint density at radius 3 is 2.62 bits per heavy atom. The lowest BCUT2D eigenvalue weighted by Crippen LogP contribution is -2.47. The number of halogens is 1. The van der Waals surface area contributed by atoms with Crippen LogP contribution in [0.4, 0.5) is 10.6 Å². The van der Waals surface area contributed by atoms with Crippen LogP contribution in [0.15, 0.2) is 42.5 Å². The Morgan fingerprint density at radius 2 is 1.85 bits per heavy atom. The van der Waals surface area contributed by atoms with Gasteiger partial charge in [-0.05, 0) is 97.9 Å². The van der Waals surface area contributed by atoms with Gasteiger partial charge in [0.1, 0.15) is 11.6 Å². The summed E-state index contributed by atoms with van der Waals surface area (Å²) in [6.45, 7) is 5.43. The number of primary amides is 1. The van der Waals surface area contributed by atoms with Crippen LogP contribution in [0.5, 0.6) is 5.75 Å². The van der Waals surface area contributed by atoms with Crippen molar-refractivity contribution in [2.75, 3.05) is 37.6 Å². The molecule has 1 aromatic heterocycles. The summed E-state index contributed by atoms with van der Waals surface area (Å²) in [6, 6.07) is 13.9. The second-order valence-corrected chi connectivity index (χ2v) is 10.7. The van der Waals surface area contributed by atoms with Crippen LogP contribution in [-0.2, 0) is 0 Å². The molecule has 180 valence electrons. The van der Waals surface area contributed by atoms with Crippen LogP contribution < -0.4 is 15.4 Å². The Kier molecular flexibility index (Phi) is 7.23. The summed E-state index contributed by atoms with van der Waals surface area (Å²) in [5, 5.41) is 1.94. The van der Waals surface area contributed by atoms with Crippen LogP contribution in [-0.4, -0.2) is 48.1 Å². The zero-order valence-corrected chi connectivity index (χ0v) is 20.9. The molecule has 1 saturated carbocycles. The SMILES string of the molecule is NC(=O)Oc1ccc(Cl)cc1[C@H]1CC[C@H](CCN2CCN(c3nsc4ccccc34)CC2)CC1. The fourth-order valence-electron chi connectivity index (χ4n) is 5.45. The van der Waals surface area contributed by atoms with E-state index in [0.717, 1.165) is 62.9 Å². The van der Waals surface area contributed by atoms with Gasteiger partial charge in [-0.25, -0.2) is 4.79 Å². The van der Waals surface area contributed by atoms with Crippen LogP contribution in [0.3, 0.4) is 0 Å². The molecule has 2 fully saturated rings. The highest BCUT2D eigenvalue weighted by atomic mass is 35.5. The quantitative estimate of drug-likeness (QED) is 0.458. The minimum absolute atomic E-state index is 0.362.